The van der Waals surface area contributed by atoms with Crippen molar-refractivity contribution in [1.82, 2.24) is 10.6 Å². The number of carbonyl (C=O) groups is 1. The van der Waals surface area contributed by atoms with Crippen LogP contribution in [0.4, 0.5) is 0 Å². The van der Waals surface area contributed by atoms with Crippen LogP contribution < -0.4 is 10.6 Å². The molecule has 7 nitrogen and oxygen atoms in total. The van der Waals surface area contributed by atoms with Gasteiger partial charge < -0.3 is 30.3 Å². The highest BCUT2D eigenvalue weighted by Crippen LogP contribution is 2.28. The summed E-state index contributed by atoms with van der Waals surface area (Å²) in [4.78, 5) is 12.8. The van der Waals surface area contributed by atoms with E-state index in [4.69, 9.17) is 9.47 Å². The molecule has 1 amide bonds. The van der Waals surface area contributed by atoms with Crippen LogP contribution in [-0.2, 0) is 14.3 Å². The van der Waals surface area contributed by atoms with E-state index < -0.39 is 30.6 Å². The van der Waals surface area contributed by atoms with Gasteiger partial charge in [-0.25, -0.2) is 0 Å². The van der Waals surface area contributed by atoms with Gasteiger partial charge in [-0.3, -0.25) is 4.79 Å². The van der Waals surface area contributed by atoms with E-state index >= 15 is 0 Å². The maximum Gasteiger partial charge on any atom is 0.225 e. The summed E-state index contributed by atoms with van der Waals surface area (Å²) in [7, 11) is 1.70. The molecule has 4 N–H and O–H groups in total. The van der Waals surface area contributed by atoms with E-state index in [-0.39, 0.29) is 17.9 Å². The normalized spacial score (nSPS) is 41.9. The SMILES string of the molecule is CCC1CCCNC(=O)[C@H](C)[C@@H](OC2O[C@@H](C)[C@@H](O)[C@@H](NC)[C@H]2O)CCC(C)CCC1. The number of rotatable bonds is 4. The van der Waals surface area contributed by atoms with E-state index in [2.05, 4.69) is 24.5 Å². The van der Waals surface area contributed by atoms with Crippen LogP contribution in [0.3, 0.4) is 0 Å². The number of ether oxygens (including phenoxy) is 2. The van der Waals surface area contributed by atoms with Crippen LogP contribution >= 0.6 is 0 Å². The third kappa shape index (κ3) is 7.67. The molecule has 0 aromatic heterocycles. The van der Waals surface area contributed by atoms with E-state index in [0.717, 1.165) is 31.6 Å². The molecule has 0 aromatic carbocycles. The molecule has 31 heavy (non-hydrogen) atoms. The summed E-state index contributed by atoms with van der Waals surface area (Å²) >= 11 is 0. The van der Waals surface area contributed by atoms with Gasteiger partial charge in [-0.15, -0.1) is 0 Å². The van der Waals surface area contributed by atoms with E-state index in [1.807, 2.05) is 6.92 Å². The van der Waals surface area contributed by atoms with Crippen LogP contribution in [0.2, 0.25) is 0 Å². The molecule has 9 atom stereocenters. The van der Waals surface area contributed by atoms with Crippen LogP contribution in [-0.4, -0.2) is 66.5 Å². The Morgan fingerprint density at radius 3 is 2.45 bits per heavy atom. The van der Waals surface area contributed by atoms with Crippen LogP contribution in [0, 0.1) is 17.8 Å². The summed E-state index contributed by atoms with van der Waals surface area (Å²) in [5.74, 6) is 0.960. The molecule has 3 unspecified atom stereocenters. The monoisotopic (exact) mass is 442 g/mol. The molecule has 0 saturated carbocycles. The molecule has 0 aromatic rings. The number of aliphatic hydroxyl groups is 2. The molecule has 0 aliphatic carbocycles. The quantitative estimate of drug-likeness (QED) is 0.534. The molecule has 2 heterocycles. The maximum atomic E-state index is 12.8. The zero-order valence-corrected chi connectivity index (χ0v) is 20.2. The van der Waals surface area contributed by atoms with Crippen molar-refractivity contribution in [2.75, 3.05) is 13.6 Å². The Balaban J connectivity index is 2.08. The highest BCUT2D eigenvalue weighted by Gasteiger charge is 2.44. The lowest BCUT2D eigenvalue weighted by Gasteiger charge is -2.43. The molecular weight excluding hydrogens is 396 g/mol. The molecular formula is C24H46N2O5. The Morgan fingerprint density at radius 1 is 1.06 bits per heavy atom. The number of hydrogen-bond donors (Lipinski definition) is 4. The van der Waals surface area contributed by atoms with E-state index in [9.17, 15) is 15.0 Å². The average molecular weight is 443 g/mol. The first-order valence-electron chi connectivity index (χ1n) is 12.4. The zero-order chi connectivity index (χ0) is 23.0. The third-order valence-electron chi connectivity index (χ3n) is 7.38. The number of amides is 1. The maximum absolute atomic E-state index is 12.8. The fourth-order valence-electron chi connectivity index (χ4n) is 4.93. The number of carbonyl (C=O) groups excluding carboxylic acids is 1. The van der Waals surface area contributed by atoms with Gasteiger partial charge in [0.2, 0.25) is 5.91 Å². The minimum absolute atomic E-state index is 0.00805. The Hall–Kier alpha value is -0.730. The second-order valence-corrected chi connectivity index (χ2v) is 9.79. The van der Waals surface area contributed by atoms with E-state index in [1.54, 1.807) is 14.0 Å². The van der Waals surface area contributed by atoms with Gasteiger partial charge in [-0.2, -0.15) is 0 Å². The van der Waals surface area contributed by atoms with Crippen LogP contribution in [0.25, 0.3) is 0 Å². The van der Waals surface area contributed by atoms with Crippen molar-refractivity contribution in [3.8, 4) is 0 Å². The summed E-state index contributed by atoms with van der Waals surface area (Å²) < 4.78 is 12.0. The Bertz CT molecular complexity index is 534. The summed E-state index contributed by atoms with van der Waals surface area (Å²) in [5.41, 5.74) is 0. The minimum atomic E-state index is -1.01. The van der Waals surface area contributed by atoms with Crippen molar-refractivity contribution < 1.29 is 24.5 Å². The van der Waals surface area contributed by atoms with E-state index in [0.29, 0.717) is 12.5 Å². The third-order valence-corrected chi connectivity index (χ3v) is 7.38. The standard InChI is InChI=1S/C24H46N2O5/c1-6-18-10-7-9-15(2)12-13-19(16(3)23(29)26-14-8-11-18)31-24-22(28)20(25-5)21(27)17(4)30-24/h15-22,24-25,27-28H,6-14H2,1-5H3,(H,26,29)/t15?,16-,17+,18?,19+,20-,21-,22-,24?/m1/s1. The fourth-order valence-corrected chi connectivity index (χ4v) is 4.93. The van der Waals surface area contributed by atoms with Crippen LogP contribution in [0.1, 0.15) is 79.1 Å². The highest BCUT2D eigenvalue weighted by atomic mass is 16.7. The van der Waals surface area contributed by atoms with Gasteiger partial charge >= 0.3 is 0 Å². The van der Waals surface area contributed by atoms with Gasteiger partial charge in [-0.1, -0.05) is 46.5 Å². The lowest BCUT2D eigenvalue weighted by molar-refractivity contribution is -0.287. The second kappa shape index (κ2) is 13.1. The molecule has 2 aliphatic heterocycles. The smallest absolute Gasteiger partial charge is 0.225 e. The molecule has 182 valence electrons. The Kier molecular flexibility index (Phi) is 11.2. The number of likely N-dealkylation sites (N-methyl/N-ethyl adjacent to an activating group) is 1. The lowest BCUT2D eigenvalue weighted by atomic mass is 9.88. The van der Waals surface area contributed by atoms with Crippen molar-refractivity contribution in [2.24, 2.45) is 17.8 Å². The number of nitrogens with one attached hydrogen (secondary N) is 2. The van der Waals surface area contributed by atoms with Crippen molar-refractivity contribution in [2.45, 2.75) is 116 Å². The molecule has 2 aliphatic rings. The Labute approximate surface area is 188 Å². The molecule has 2 fully saturated rings. The summed E-state index contributed by atoms with van der Waals surface area (Å²) in [6.45, 7) is 8.90. The summed E-state index contributed by atoms with van der Waals surface area (Å²) in [6.07, 6.45) is 5.24. The van der Waals surface area contributed by atoms with Gasteiger partial charge in [0.1, 0.15) is 6.10 Å². The lowest BCUT2D eigenvalue weighted by Crippen LogP contribution is -2.62. The zero-order valence-electron chi connectivity index (χ0n) is 20.2. The second-order valence-electron chi connectivity index (χ2n) is 9.79. The first-order valence-corrected chi connectivity index (χ1v) is 12.4. The predicted octanol–water partition coefficient (Wildman–Crippen LogP) is 2.59. The van der Waals surface area contributed by atoms with Gasteiger partial charge in [0.05, 0.1) is 30.3 Å². The number of hydrogen-bond acceptors (Lipinski definition) is 6. The summed E-state index contributed by atoms with van der Waals surface area (Å²) in [6, 6.07) is -0.540. The number of aliphatic hydroxyl groups excluding tert-OH is 2. The molecule has 7 heteroatoms. The molecule has 0 spiro atoms. The largest absolute Gasteiger partial charge is 0.389 e. The van der Waals surface area contributed by atoms with Crippen LogP contribution in [0.5, 0.6) is 0 Å². The van der Waals surface area contributed by atoms with E-state index in [1.165, 1.54) is 25.7 Å². The molecule has 2 saturated heterocycles. The molecule has 0 radical (unpaired) electrons. The minimum Gasteiger partial charge on any atom is -0.389 e. The van der Waals surface area contributed by atoms with Gasteiger partial charge in [0, 0.05) is 6.54 Å². The van der Waals surface area contributed by atoms with Gasteiger partial charge in [0.15, 0.2) is 6.29 Å². The summed E-state index contributed by atoms with van der Waals surface area (Å²) in [5, 5.41) is 27.0. The fraction of sp³-hybridized carbons (Fsp3) is 0.958. The molecule has 0 bridgehead atoms. The van der Waals surface area contributed by atoms with Gasteiger partial charge in [0.25, 0.3) is 0 Å². The van der Waals surface area contributed by atoms with Crippen molar-refractivity contribution in [3.63, 3.8) is 0 Å². The highest BCUT2D eigenvalue weighted by molar-refractivity contribution is 5.78. The van der Waals surface area contributed by atoms with Gasteiger partial charge in [-0.05, 0) is 51.5 Å². The predicted molar refractivity (Wildman–Crippen MR) is 122 cm³/mol. The van der Waals surface area contributed by atoms with Crippen molar-refractivity contribution in [3.05, 3.63) is 0 Å². The first kappa shape index (κ1) is 26.5. The first-order chi connectivity index (χ1) is 14.8. The van der Waals surface area contributed by atoms with Crippen molar-refractivity contribution >= 4 is 5.91 Å². The topological polar surface area (TPSA) is 100 Å². The average Bonchev–Trinajstić information content (AvgIpc) is 2.75. The Morgan fingerprint density at radius 2 is 1.77 bits per heavy atom. The van der Waals surface area contributed by atoms with Crippen LogP contribution in [0.15, 0.2) is 0 Å². The van der Waals surface area contributed by atoms with Crippen molar-refractivity contribution in [1.29, 1.82) is 0 Å². The molecule has 2 rings (SSSR count).